The Morgan fingerprint density at radius 3 is 2.09 bits per heavy atom. The van der Waals surface area contributed by atoms with E-state index in [4.69, 9.17) is 9.47 Å². The molecular formula is C29H26N2O4. The van der Waals surface area contributed by atoms with Crippen LogP contribution in [-0.4, -0.2) is 41.0 Å². The molecule has 2 heterocycles. The monoisotopic (exact) mass is 466 g/mol. The van der Waals surface area contributed by atoms with Gasteiger partial charge >= 0.3 is 5.97 Å². The number of carbonyl (C=O) groups excluding carboxylic acids is 2. The van der Waals surface area contributed by atoms with E-state index in [9.17, 15) is 9.59 Å². The molecule has 0 spiro atoms. The molecule has 0 N–H and O–H groups in total. The quantitative estimate of drug-likeness (QED) is 0.290. The summed E-state index contributed by atoms with van der Waals surface area (Å²) < 4.78 is 12.1. The lowest BCUT2D eigenvalue weighted by Gasteiger charge is -2.44. The Morgan fingerprint density at radius 1 is 0.971 bits per heavy atom. The third-order valence-corrected chi connectivity index (χ3v) is 6.25. The highest BCUT2D eigenvalue weighted by Gasteiger charge is 2.58. The van der Waals surface area contributed by atoms with Gasteiger partial charge in [0.1, 0.15) is 0 Å². The average Bonchev–Trinajstić information content (AvgIpc) is 3.27. The van der Waals surface area contributed by atoms with Crippen molar-refractivity contribution in [1.82, 2.24) is 4.90 Å². The minimum absolute atomic E-state index is 0.280. The van der Waals surface area contributed by atoms with Gasteiger partial charge in [0, 0.05) is 5.56 Å². The Balaban J connectivity index is 1.38. The number of β-lactam (4-membered cyclic amide) rings is 1. The van der Waals surface area contributed by atoms with Crippen molar-refractivity contribution in [3.8, 4) is 0 Å². The Morgan fingerprint density at radius 2 is 1.54 bits per heavy atom. The molecule has 6 heteroatoms. The molecule has 1 fully saturated rings. The molecule has 2 aliphatic rings. The second kappa shape index (κ2) is 9.22. The molecule has 35 heavy (non-hydrogen) atoms. The summed E-state index contributed by atoms with van der Waals surface area (Å²) >= 11 is 0. The third kappa shape index (κ3) is 4.23. The van der Waals surface area contributed by atoms with E-state index in [1.54, 1.807) is 6.92 Å². The molecule has 1 saturated heterocycles. The fourth-order valence-electron chi connectivity index (χ4n) is 4.41. The highest BCUT2D eigenvalue weighted by molar-refractivity contribution is 6.03. The topological polar surface area (TPSA) is 68.2 Å². The molecule has 2 unspecified atom stereocenters. The van der Waals surface area contributed by atoms with Crippen molar-refractivity contribution in [2.24, 2.45) is 4.99 Å². The van der Waals surface area contributed by atoms with Gasteiger partial charge in [-0.25, -0.2) is 9.79 Å². The number of amides is 1. The van der Waals surface area contributed by atoms with Crippen LogP contribution in [0.25, 0.3) is 0 Å². The molecule has 0 aromatic heterocycles. The Hall–Kier alpha value is -4.19. The van der Waals surface area contributed by atoms with E-state index < -0.39 is 30.4 Å². The number of hydrogen-bond acceptors (Lipinski definition) is 5. The number of likely N-dealkylation sites (tertiary alicyclic amines) is 1. The molecule has 3 aromatic carbocycles. The zero-order valence-corrected chi connectivity index (χ0v) is 19.6. The molecule has 0 bridgehead atoms. The summed E-state index contributed by atoms with van der Waals surface area (Å²) in [5.74, 6) is -0.441. The maximum atomic E-state index is 13.5. The molecule has 1 amide bonds. The number of hydrogen-bond donors (Lipinski definition) is 0. The second-order valence-electron chi connectivity index (χ2n) is 8.89. The lowest BCUT2D eigenvalue weighted by Crippen LogP contribution is -2.68. The first-order valence-corrected chi connectivity index (χ1v) is 11.5. The van der Waals surface area contributed by atoms with Gasteiger partial charge in [-0.1, -0.05) is 84.9 Å². The van der Waals surface area contributed by atoms with E-state index in [1.807, 2.05) is 91.9 Å². The van der Waals surface area contributed by atoms with E-state index in [0.717, 1.165) is 22.3 Å². The zero-order valence-electron chi connectivity index (χ0n) is 19.6. The predicted octanol–water partition coefficient (Wildman–Crippen LogP) is 4.59. The van der Waals surface area contributed by atoms with Gasteiger partial charge in [0.25, 0.3) is 5.91 Å². The van der Waals surface area contributed by atoms with E-state index in [2.05, 4.69) is 11.6 Å². The minimum Gasteiger partial charge on any atom is -0.451 e. The third-order valence-electron chi connectivity index (χ3n) is 6.25. The van der Waals surface area contributed by atoms with Gasteiger partial charge in [-0.05, 0) is 42.7 Å². The van der Waals surface area contributed by atoms with Gasteiger partial charge in [-0.2, -0.15) is 0 Å². The molecule has 176 valence electrons. The van der Waals surface area contributed by atoms with Gasteiger partial charge in [-0.15, -0.1) is 0 Å². The second-order valence-corrected chi connectivity index (χ2v) is 8.89. The van der Waals surface area contributed by atoms with Crippen LogP contribution in [-0.2, 0) is 19.1 Å². The van der Waals surface area contributed by atoms with Crippen LogP contribution in [0, 0.1) is 6.92 Å². The predicted molar refractivity (Wildman–Crippen MR) is 133 cm³/mol. The fraction of sp³-hybridized carbons (Fsp3) is 0.207. The SMILES string of the molecule is C=C(C)[C@H](C(=O)OC(c1ccccc1)c1ccccc1)N1C(=O)C2N=C(c3ccc(C)cc3)OC21. The Kier molecular flexibility index (Phi) is 5.95. The van der Waals surface area contributed by atoms with Crippen LogP contribution in [0.2, 0.25) is 0 Å². The van der Waals surface area contributed by atoms with Crippen LogP contribution >= 0.6 is 0 Å². The molecule has 0 aliphatic carbocycles. The van der Waals surface area contributed by atoms with Crippen molar-refractivity contribution in [3.05, 3.63) is 119 Å². The van der Waals surface area contributed by atoms with Crippen molar-refractivity contribution >= 4 is 17.8 Å². The Labute approximate surface area is 204 Å². The van der Waals surface area contributed by atoms with E-state index in [1.165, 1.54) is 4.90 Å². The van der Waals surface area contributed by atoms with Crippen LogP contribution in [0.4, 0.5) is 0 Å². The van der Waals surface area contributed by atoms with Gasteiger partial charge in [0.15, 0.2) is 18.2 Å². The molecule has 3 aromatic rings. The first kappa shape index (κ1) is 22.6. The van der Waals surface area contributed by atoms with E-state index in [0.29, 0.717) is 11.5 Å². The molecule has 2 aliphatic heterocycles. The summed E-state index contributed by atoms with van der Waals surface area (Å²) in [6.07, 6.45) is -1.29. The minimum atomic E-state index is -0.980. The number of benzene rings is 3. The number of fused-ring (bicyclic) bond motifs is 1. The summed E-state index contributed by atoms with van der Waals surface area (Å²) in [6, 6.07) is 25.1. The number of ether oxygens (including phenoxy) is 2. The van der Waals surface area contributed by atoms with Gasteiger partial charge < -0.3 is 9.47 Å². The van der Waals surface area contributed by atoms with Crippen molar-refractivity contribution in [2.75, 3.05) is 0 Å². The highest BCUT2D eigenvalue weighted by atomic mass is 16.6. The van der Waals surface area contributed by atoms with Crippen LogP contribution < -0.4 is 0 Å². The number of nitrogens with zero attached hydrogens (tertiary/aromatic N) is 2. The number of esters is 1. The van der Waals surface area contributed by atoms with Crippen LogP contribution in [0.3, 0.4) is 0 Å². The summed E-state index contributed by atoms with van der Waals surface area (Å²) in [6.45, 7) is 7.69. The summed E-state index contributed by atoms with van der Waals surface area (Å²) in [4.78, 5) is 32.4. The van der Waals surface area contributed by atoms with E-state index >= 15 is 0 Å². The molecule has 0 radical (unpaired) electrons. The van der Waals surface area contributed by atoms with E-state index in [-0.39, 0.29) is 5.91 Å². The van der Waals surface area contributed by atoms with Crippen molar-refractivity contribution in [2.45, 2.75) is 38.3 Å². The Bertz CT molecular complexity index is 1250. The van der Waals surface area contributed by atoms with Crippen molar-refractivity contribution < 1.29 is 19.1 Å². The molecule has 0 saturated carbocycles. The van der Waals surface area contributed by atoms with Crippen LogP contribution in [0.5, 0.6) is 0 Å². The maximum absolute atomic E-state index is 13.5. The lowest BCUT2D eigenvalue weighted by molar-refractivity contribution is -0.178. The molecule has 6 nitrogen and oxygen atoms in total. The van der Waals surface area contributed by atoms with Crippen LogP contribution in [0.15, 0.2) is 102 Å². The van der Waals surface area contributed by atoms with Gasteiger partial charge in [0.05, 0.1) is 0 Å². The zero-order chi connectivity index (χ0) is 24.5. The maximum Gasteiger partial charge on any atom is 0.334 e. The fourth-order valence-corrected chi connectivity index (χ4v) is 4.41. The number of aliphatic imine (C=N–C) groups is 1. The first-order chi connectivity index (χ1) is 16.9. The van der Waals surface area contributed by atoms with Crippen LogP contribution in [0.1, 0.15) is 35.3 Å². The smallest absolute Gasteiger partial charge is 0.334 e. The van der Waals surface area contributed by atoms with Crippen molar-refractivity contribution in [1.29, 1.82) is 0 Å². The summed E-state index contributed by atoms with van der Waals surface area (Å²) in [5, 5.41) is 0. The standard InChI is InChI=1S/C29H26N2O4/c1-18(2)24(29(33)34-25(20-10-6-4-7-11-20)21-12-8-5-9-13-21)31-27(32)23-28(31)35-26(30-23)22-16-14-19(3)15-17-22/h4-17,23-25,28H,1H2,2-3H3/t23?,24-,28?/m1/s1. The first-order valence-electron chi connectivity index (χ1n) is 11.5. The molecular weight excluding hydrogens is 440 g/mol. The average molecular weight is 467 g/mol. The molecule has 5 rings (SSSR count). The van der Waals surface area contributed by atoms with Gasteiger partial charge in [-0.3, -0.25) is 9.69 Å². The summed E-state index contributed by atoms with van der Waals surface area (Å²) in [5.41, 5.74) is 4.07. The largest absolute Gasteiger partial charge is 0.451 e. The number of carbonyl (C=O) groups is 2. The normalized spacial score (nSPS) is 19.3. The van der Waals surface area contributed by atoms with Crippen molar-refractivity contribution in [3.63, 3.8) is 0 Å². The highest BCUT2D eigenvalue weighted by Crippen LogP contribution is 2.36. The lowest BCUT2D eigenvalue weighted by atomic mass is 9.97. The number of aryl methyl sites for hydroxylation is 1. The van der Waals surface area contributed by atoms with Gasteiger partial charge in [0.2, 0.25) is 12.1 Å². The molecule has 3 atom stereocenters. The number of rotatable bonds is 7. The summed E-state index contributed by atoms with van der Waals surface area (Å²) in [7, 11) is 0.